The van der Waals surface area contributed by atoms with Gasteiger partial charge in [-0.2, -0.15) is 0 Å². The number of hydrogen-bond donors (Lipinski definition) is 1. The van der Waals surface area contributed by atoms with Crippen molar-refractivity contribution in [2.75, 3.05) is 13.7 Å². The smallest absolute Gasteiger partial charge is 0.161 e. The molecule has 0 saturated carbocycles. The molecule has 3 rings (SSSR count). The average molecular weight is 365 g/mol. The van der Waals surface area contributed by atoms with Crippen molar-refractivity contribution >= 4 is 0 Å². The predicted molar refractivity (Wildman–Crippen MR) is 106 cm³/mol. The summed E-state index contributed by atoms with van der Waals surface area (Å²) in [5.74, 6) is 1.12. The molecule has 1 N–H and O–H groups in total. The normalized spacial score (nSPS) is 10.6. The van der Waals surface area contributed by atoms with E-state index in [0.717, 1.165) is 30.6 Å². The first-order valence-corrected chi connectivity index (χ1v) is 9.03. The molecule has 0 atom stereocenters. The molecule has 0 aliphatic carbocycles. The molecule has 0 unspecified atom stereocenters. The van der Waals surface area contributed by atoms with E-state index in [-0.39, 0.29) is 5.82 Å². The molecular formula is C23H24FNO2. The van der Waals surface area contributed by atoms with Crippen LogP contribution in [0.5, 0.6) is 11.5 Å². The maximum absolute atomic E-state index is 13.0. The minimum Gasteiger partial charge on any atom is -0.493 e. The third-order valence-electron chi connectivity index (χ3n) is 4.30. The van der Waals surface area contributed by atoms with Gasteiger partial charge in [0, 0.05) is 6.54 Å². The number of methoxy groups -OCH3 is 1. The fourth-order valence-corrected chi connectivity index (χ4v) is 2.79. The van der Waals surface area contributed by atoms with E-state index in [1.54, 1.807) is 19.2 Å². The van der Waals surface area contributed by atoms with Crippen molar-refractivity contribution < 1.29 is 13.9 Å². The van der Waals surface area contributed by atoms with Crippen LogP contribution < -0.4 is 14.8 Å². The molecule has 4 heteroatoms. The highest BCUT2D eigenvalue weighted by Gasteiger charge is 2.06. The lowest BCUT2D eigenvalue weighted by molar-refractivity contribution is 0.284. The second kappa shape index (κ2) is 9.74. The SMILES string of the molecule is COc1cc(CNCCc2ccccc2)ccc1OCc1ccc(F)cc1. The fraction of sp³-hybridized carbons (Fsp3) is 0.217. The van der Waals surface area contributed by atoms with Gasteiger partial charge in [-0.05, 0) is 53.9 Å². The van der Waals surface area contributed by atoms with Gasteiger partial charge >= 0.3 is 0 Å². The summed E-state index contributed by atoms with van der Waals surface area (Å²) in [4.78, 5) is 0. The van der Waals surface area contributed by atoms with E-state index in [1.807, 2.05) is 24.3 Å². The minimum absolute atomic E-state index is 0.250. The Labute approximate surface area is 159 Å². The predicted octanol–water partition coefficient (Wildman–Crippen LogP) is 4.75. The van der Waals surface area contributed by atoms with Crippen molar-refractivity contribution in [2.24, 2.45) is 0 Å². The molecule has 0 aromatic heterocycles. The van der Waals surface area contributed by atoms with Crippen molar-refractivity contribution in [3.8, 4) is 11.5 Å². The molecule has 0 fully saturated rings. The van der Waals surface area contributed by atoms with Gasteiger partial charge in [-0.25, -0.2) is 4.39 Å². The number of rotatable bonds is 9. The Bertz CT molecular complexity index is 835. The van der Waals surface area contributed by atoms with Crippen LogP contribution in [-0.2, 0) is 19.6 Å². The Morgan fingerprint density at radius 3 is 2.30 bits per heavy atom. The van der Waals surface area contributed by atoms with Crippen LogP contribution in [0.2, 0.25) is 0 Å². The van der Waals surface area contributed by atoms with Gasteiger partial charge in [0.2, 0.25) is 0 Å². The topological polar surface area (TPSA) is 30.5 Å². The Morgan fingerprint density at radius 2 is 1.56 bits per heavy atom. The van der Waals surface area contributed by atoms with Crippen molar-refractivity contribution in [1.82, 2.24) is 5.32 Å². The molecule has 27 heavy (non-hydrogen) atoms. The van der Waals surface area contributed by atoms with E-state index in [2.05, 4.69) is 29.6 Å². The number of benzene rings is 3. The molecule has 0 bridgehead atoms. The van der Waals surface area contributed by atoms with Gasteiger partial charge in [0.1, 0.15) is 12.4 Å². The first-order valence-electron chi connectivity index (χ1n) is 9.03. The highest BCUT2D eigenvalue weighted by Crippen LogP contribution is 2.28. The van der Waals surface area contributed by atoms with Crippen molar-refractivity contribution in [2.45, 2.75) is 19.6 Å². The van der Waals surface area contributed by atoms with Gasteiger partial charge in [0.15, 0.2) is 11.5 Å². The summed E-state index contributed by atoms with van der Waals surface area (Å²) in [7, 11) is 1.63. The van der Waals surface area contributed by atoms with Gasteiger partial charge in [0.05, 0.1) is 7.11 Å². The summed E-state index contributed by atoms with van der Waals surface area (Å²) in [5.41, 5.74) is 3.37. The maximum Gasteiger partial charge on any atom is 0.161 e. The average Bonchev–Trinajstić information content (AvgIpc) is 2.72. The first-order chi connectivity index (χ1) is 13.2. The number of nitrogens with one attached hydrogen (secondary N) is 1. The van der Waals surface area contributed by atoms with E-state index < -0.39 is 0 Å². The summed E-state index contributed by atoms with van der Waals surface area (Å²) in [6.45, 7) is 2.04. The molecule has 0 aliphatic heterocycles. The van der Waals surface area contributed by atoms with Crippen LogP contribution in [0.1, 0.15) is 16.7 Å². The highest BCUT2D eigenvalue weighted by molar-refractivity contribution is 5.43. The molecule has 0 aliphatic rings. The maximum atomic E-state index is 13.0. The van der Waals surface area contributed by atoms with E-state index in [0.29, 0.717) is 18.1 Å². The fourth-order valence-electron chi connectivity index (χ4n) is 2.79. The van der Waals surface area contributed by atoms with Gasteiger partial charge in [0.25, 0.3) is 0 Å². The van der Waals surface area contributed by atoms with Crippen molar-refractivity contribution in [1.29, 1.82) is 0 Å². The summed E-state index contributed by atoms with van der Waals surface area (Å²) in [6, 6.07) is 22.6. The molecule has 140 valence electrons. The zero-order chi connectivity index (χ0) is 18.9. The number of ether oxygens (including phenoxy) is 2. The lowest BCUT2D eigenvalue weighted by Crippen LogP contribution is -2.16. The monoisotopic (exact) mass is 365 g/mol. The zero-order valence-corrected chi connectivity index (χ0v) is 15.5. The van der Waals surface area contributed by atoms with Crippen LogP contribution in [0.4, 0.5) is 4.39 Å². The summed E-state index contributed by atoms with van der Waals surface area (Å²) < 4.78 is 24.3. The summed E-state index contributed by atoms with van der Waals surface area (Å²) in [5, 5.41) is 3.45. The van der Waals surface area contributed by atoms with Crippen LogP contribution in [0.3, 0.4) is 0 Å². The van der Waals surface area contributed by atoms with Crippen LogP contribution in [0, 0.1) is 5.82 Å². The minimum atomic E-state index is -0.250. The Kier molecular flexibility index (Phi) is 6.83. The molecule has 0 radical (unpaired) electrons. The van der Waals surface area contributed by atoms with Gasteiger partial charge in [-0.1, -0.05) is 48.5 Å². The molecule has 0 spiro atoms. The molecule has 3 nitrogen and oxygen atoms in total. The molecular weight excluding hydrogens is 341 g/mol. The Balaban J connectivity index is 1.51. The van der Waals surface area contributed by atoms with Crippen molar-refractivity contribution in [3.63, 3.8) is 0 Å². The van der Waals surface area contributed by atoms with Crippen molar-refractivity contribution in [3.05, 3.63) is 95.3 Å². The Hall–Kier alpha value is -2.85. The first kappa shape index (κ1) is 18.9. The van der Waals surface area contributed by atoms with E-state index in [1.165, 1.54) is 17.7 Å². The molecule has 3 aromatic rings. The lowest BCUT2D eigenvalue weighted by Gasteiger charge is -2.13. The molecule has 3 aromatic carbocycles. The standard InChI is InChI=1S/C23H24FNO2/c1-26-23-15-20(16-25-14-13-18-5-3-2-4-6-18)9-12-22(23)27-17-19-7-10-21(24)11-8-19/h2-12,15,25H,13-14,16-17H2,1H3. The van der Waals surface area contributed by atoms with Crippen LogP contribution in [-0.4, -0.2) is 13.7 Å². The number of hydrogen-bond acceptors (Lipinski definition) is 3. The van der Waals surface area contributed by atoms with Crippen LogP contribution >= 0.6 is 0 Å². The second-order valence-corrected chi connectivity index (χ2v) is 6.31. The quantitative estimate of drug-likeness (QED) is 0.555. The third kappa shape index (κ3) is 5.83. The van der Waals surface area contributed by atoms with Crippen LogP contribution in [0.25, 0.3) is 0 Å². The highest BCUT2D eigenvalue weighted by atomic mass is 19.1. The second-order valence-electron chi connectivity index (χ2n) is 6.31. The van der Waals surface area contributed by atoms with E-state index >= 15 is 0 Å². The third-order valence-corrected chi connectivity index (χ3v) is 4.30. The van der Waals surface area contributed by atoms with Gasteiger partial charge in [-0.3, -0.25) is 0 Å². The molecule has 0 amide bonds. The zero-order valence-electron chi connectivity index (χ0n) is 15.5. The van der Waals surface area contributed by atoms with E-state index in [9.17, 15) is 4.39 Å². The lowest BCUT2D eigenvalue weighted by atomic mass is 10.1. The van der Waals surface area contributed by atoms with Crippen LogP contribution in [0.15, 0.2) is 72.8 Å². The molecule has 0 saturated heterocycles. The Morgan fingerprint density at radius 1 is 0.815 bits per heavy atom. The molecule has 0 heterocycles. The van der Waals surface area contributed by atoms with E-state index in [4.69, 9.17) is 9.47 Å². The summed E-state index contributed by atoms with van der Waals surface area (Å²) >= 11 is 0. The van der Waals surface area contributed by atoms with Gasteiger partial charge < -0.3 is 14.8 Å². The van der Waals surface area contributed by atoms with Gasteiger partial charge in [-0.15, -0.1) is 0 Å². The largest absolute Gasteiger partial charge is 0.493 e. The summed E-state index contributed by atoms with van der Waals surface area (Å²) in [6.07, 6.45) is 0.997. The number of halogens is 1.